The maximum atomic E-state index is 4.02. The molecule has 3 nitrogen and oxygen atoms in total. The van der Waals surface area contributed by atoms with Gasteiger partial charge in [-0.1, -0.05) is 29.8 Å². The van der Waals surface area contributed by atoms with Crippen LogP contribution >= 0.6 is 0 Å². The van der Waals surface area contributed by atoms with Crippen molar-refractivity contribution < 1.29 is 0 Å². The van der Waals surface area contributed by atoms with Crippen molar-refractivity contribution in [3.63, 3.8) is 0 Å². The number of aromatic nitrogens is 2. The van der Waals surface area contributed by atoms with E-state index in [9.17, 15) is 0 Å². The monoisotopic (exact) mass is 257 g/mol. The predicted octanol–water partition coefficient (Wildman–Crippen LogP) is 2.87. The van der Waals surface area contributed by atoms with Gasteiger partial charge in [-0.15, -0.1) is 0 Å². The topological polar surface area (TPSA) is 40.7 Å². The van der Waals surface area contributed by atoms with E-state index in [-0.39, 0.29) is 0 Å². The Morgan fingerprint density at radius 1 is 1.32 bits per heavy atom. The zero-order valence-electron chi connectivity index (χ0n) is 11.8. The number of imidazole rings is 1. The van der Waals surface area contributed by atoms with Crippen molar-refractivity contribution in [3.8, 4) is 0 Å². The molecule has 0 aliphatic carbocycles. The summed E-state index contributed by atoms with van der Waals surface area (Å²) in [5, 5.41) is 3.56. The molecule has 2 N–H and O–H groups in total. The van der Waals surface area contributed by atoms with E-state index in [2.05, 4.69) is 53.4 Å². The minimum Gasteiger partial charge on any atom is -0.348 e. The predicted molar refractivity (Wildman–Crippen MR) is 79.3 cm³/mol. The molecule has 0 saturated heterocycles. The quantitative estimate of drug-likeness (QED) is 0.800. The van der Waals surface area contributed by atoms with Crippen molar-refractivity contribution in [2.45, 2.75) is 39.2 Å². The Bertz CT molecular complexity index is 476. The molecule has 19 heavy (non-hydrogen) atoms. The first-order chi connectivity index (χ1) is 9.24. The van der Waals surface area contributed by atoms with Crippen LogP contribution in [0.25, 0.3) is 0 Å². The van der Waals surface area contributed by atoms with Crippen LogP contribution in [0.2, 0.25) is 0 Å². The summed E-state index contributed by atoms with van der Waals surface area (Å²) in [7, 11) is 0. The fourth-order valence-electron chi connectivity index (χ4n) is 2.23. The third-order valence-corrected chi connectivity index (χ3v) is 3.39. The highest BCUT2D eigenvalue weighted by Gasteiger charge is 2.02. The molecule has 2 aromatic rings. The molecule has 0 saturated carbocycles. The molecule has 1 aromatic carbocycles. The standard InChI is InChI=1S/C16H23N3/c1-13-4-3-5-15(10-13)7-6-14(2)18-9-8-16-11-17-12-19-16/h3-5,10-12,14,18H,6-9H2,1-2H3,(H,17,19). The van der Waals surface area contributed by atoms with Gasteiger partial charge in [0.05, 0.1) is 6.33 Å². The van der Waals surface area contributed by atoms with Crippen LogP contribution in [-0.4, -0.2) is 22.6 Å². The molecule has 0 amide bonds. The maximum absolute atomic E-state index is 4.02. The second-order valence-electron chi connectivity index (χ2n) is 5.21. The van der Waals surface area contributed by atoms with Gasteiger partial charge in [-0.05, 0) is 32.3 Å². The molecule has 102 valence electrons. The number of hydrogen-bond acceptors (Lipinski definition) is 2. The van der Waals surface area contributed by atoms with Crippen LogP contribution in [0.1, 0.15) is 30.2 Å². The van der Waals surface area contributed by atoms with E-state index in [1.54, 1.807) is 6.33 Å². The third-order valence-electron chi connectivity index (χ3n) is 3.39. The molecule has 1 atom stereocenters. The third kappa shape index (κ3) is 4.87. The summed E-state index contributed by atoms with van der Waals surface area (Å²) in [4.78, 5) is 7.14. The Balaban J connectivity index is 1.65. The van der Waals surface area contributed by atoms with Crippen molar-refractivity contribution in [2.24, 2.45) is 0 Å². The molecular weight excluding hydrogens is 234 g/mol. The van der Waals surface area contributed by atoms with E-state index in [4.69, 9.17) is 0 Å². The van der Waals surface area contributed by atoms with Crippen molar-refractivity contribution in [1.29, 1.82) is 0 Å². The van der Waals surface area contributed by atoms with Gasteiger partial charge in [0.25, 0.3) is 0 Å². The molecule has 1 aromatic heterocycles. The van der Waals surface area contributed by atoms with Gasteiger partial charge in [0.1, 0.15) is 0 Å². The zero-order chi connectivity index (χ0) is 13.5. The summed E-state index contributed by atoms with van der Waals surface area (Å²) in [6, 6.07) is 9.32. The lowest BCUT2D eigenvalue weighted by molar-refractivity contribution is 0.516. The Morgan fingerprint density at radius 2 is 2.21 bits per heavy atom. The summed E-state index contributed by atoms with van der Waals surface area (Å²) >= 11 is 0. The molecule has 0 spiro atoms. The fraction of sp³-hybridized carbons (Fsp3) is 0.438. The molecule has 1 unspecified atom stereocenters. The lowest BCUT2D eigenvalue weighted by Crippen LogP contribution is -2.28. The molecule has 2 rings (SSSR count). The van der Waals surface area contributed by atoms with Crippen LogP contribution in [0, 0.1) is 6.92 Å². The number of aryl methyl sites for hydroxylation is 2. The minimum atomic E-state index is 0.545. The van der Waals surface area contributed by atoms with E-state index in [0.29, 0.717) is 6.04 Å². The minimum absolute atomic E-state index is 0.545. The summed E-state index contributed by atoms with van der Waals surface area (Å²) in [6.45, 7) is 5.40. The molecule has 3 heteroatoms. The van der Waals surface area contributed by atoms with Gasteiger partial charge in [-0.2, -0.15) is 0 Å². The van der Waals surface area contributed by atoms with Gasteiger partial charge >= 0.3 is 0 Å². The Labute approximate surface area is 115 Å². The molecule has 0 aliphatic heterocycles. The first-order valence-electron chi connectivity index (χ1n) is 7.00. The Hall–Kier alpha value is -1.61. The number of nitrogens with zero attached hydrogens (tertiary/aromatic N) is 1. The lowest BCUT2D eigenvalue weighted by Gasteiger charge is -2.13. The average molecular weight is 257 g/mol. The van der Waals surface area contributed by atoms with Crippen LogP contribution in [0.4, 0.5) is 0 Å². The van der Waals surface area contributed by atoms with Crippen LogP contribution in [0.3, 0.4) is 0 Å². The van der Waals surface area contributed by atoms with Gasteiger partial charge in [0, 0.05) is 30.9 Å². The van der Waals surface area contributed by atoms with Crippen LogP contribution < -0.4 is 5.32 Å². The number of hydrogen-bond donors (Lipinski definition) is 2. The Morgan fingerprint density at radius 3 is 2.95 bits per heavy atom. The molecule has 0 bridgehead atoms. The largest absolute Gasteiger partial charge is 0.348 e. The first-order valence-corrected chi connectivity index (χ1v) is 7.00. The average Bonchev–Trinajstić information content (AvgIpc) is 2.90. The summed E-state index contributed by atoms with van der Waals surface area (Å²) in [6.07, 6.45) is 6.94. The SMILES string of the molecule is Cc1cccc(CCC(C)NCCc2cnc[nH]2)c1. The molecule has 0 aliphatic rings. The second-order valence-corrected chi connectivity index (χ2v) is 5.21. The number of benzene rings is 1. The maximum Gasteiger partial charge on any atom is 0.0921 e. The summed E-state index contributed by atoms with van der Waals surface area (Å²) < 4.78 is 0. The zero-order valence-corrected chi connectivity index (χ0v) is 11.8. The smallest absolute Gasteiger partial charge is 0.0921 e. The van der Waals surface area contributed by atoms with E-state index in [1.165, 1.54) is 23.2 Å². The van der Waals surface area contributed by atoms with Crippen LogP contribution in [0.15, 0.2) is 36.8 Å². The first kappa shape index (κ1) is 13.8. The van der Waals surface area contributed by atoms with Crippen molar-refractivity contribution in [3.05, 3.63) is 53.6 Å². The van der Waals surface area contributed by atoms with Gasteiger partial charge < -0.3 is 10.3 Å². The van der Waals surface area contributed by atoms with Crippen LogP contribution in [0.5, 0.6) is 0 Å². The number of nitrogens with one attached hydrogen (secondary N) is 2. The van der Waals surface area contributed by atoms with E-state index < -0.39 is 0 Å². The van der Waals surface area contributed by atoms with Gasteiger partial charge in [-0.25, -0.2) is 4.98 Å². The van der Waals surface area contributed by atoms with Gasteiger partial charge in [0.15, 0.2) is 0 Å². The van der Waals surface area contributed by atoms with Crippen LogP contribution in [-0.2, 0) is 12.8 Å². The highest BCUT2D eigenvalue weighted by molar-refractivity contribution is 5.22. The summed E-state index contributed by atoms with van der Waals surface area (Å²) in [5.41, 5.74) is 3.97. The molecule has 0 fully saturated rings. The van der Waals surface area contributed by atoms with Gasteiger partial charge in [-0.3, -0.25) is 0 Å². The number of H-pyrrole nitrogens is 1. The Kier molecular flexibility index (Phi) is 5.16. The normalized spacial score (nSPS) is 12.5. The molecular formula is C16H23N3. The van der Waals surface area contributed by atoms with Crippen molar-refractivity contribution in [1.82, 2.24) is 15.3 Å². The van der Waals surface area contributed by atoms with Crippen molar-refractivity contribution >= 4 is 0 Å². The van der Waals surface area contributed by atoms with Gasteiger partial charge in [0.2, 0.25) is 0 Å². The highest BCUT2D eigenvalue weighted by atomic mass is 14.9. The molecule has 1 heterocycles. The van der Waals surface area contributed by atoms with E-state index in [1.807, 2.05) is 6.20 Å². The highest BCUT2D eigenvalue weighted by Crippen LogP contribution is 2.08. The second kappa shape index (κ2) is 7.10. The molecule has 0 radical (unpaired) electrons. The van der Waals surface area contributed by atoms with E-state index in [0.717, 1.165) is 19.4 Å². The number of aromatic amines is 1. The lowest BCUT2D eigenvalue weighted by atomic mass is 10.0. The van der Waals surface area contributed by atoms with Crippen molar-refractivity contribution in [2.75, 3.05) is 6.54 Å². The fourth-order valence-corrected chi connectivity index (χ4v) is 2.23. The summed E-state index contributed by atoms with van der Waals surface area (Å²) in [5.74, 6) is 0. The number of rotatable bonds is 7. The van der Waals surface area contributed by atoms with E-state index >= 15 is 0 Å².